The molecule has 0 spiro atoms. The smallest absolute Gasteiger partial charge is 0.349 e. The molecule has 1 aromatic rings. The van der Waals surface area contributed by atoms with Gasteiger partial charge in [0.05, 0.1) is 17.6 Å². The van der Waals surface area contributed by atoms with E-state index in [2.05, 4.69) is 28.8 Å². The van der Waals surface area contributed by atoms with Gasteiger partial charge in [-0.25, -0.2) is 9.78 Å². The van der Waals surface area contributed by atoms with E-state index in [0.717, 1.165) is 49.7 Å². The first-order valence-electron chi connectivity index (χ1n) is 20.2. The number of hydrogen-bond donors (Lipinski definition) is 3. The van der Waals surface area contributed by atoms with E-state index < -0.39 is 48.1 Å². The molecule has 3 unspecified atom stereocenters. The van der Waals surface area contributed by atoms with Crippen molar-refractivity contribution in [1.29, 1.82) is 0 Å². The summed E-state index contributed by atoms with van der Waals surface area (Å²) in [6.45, 7) is 7.44. The average molecular weight is 741 g/mol. The number of aromatic amines is 1. The highest BCUT2D eigenvalue weighted by atomic mass is 16.6. The van der Waals surface area contributed by atoms with E-state index in [1.54, 1.807) is 12.1 Å². The monoisotopic (exact) mass is 740 g/mol. The van der Waals surface area contributed by atoms with Crippen molar-refractivity contribution in [2.24, 2.45) is 0 Å². The molecular formula is C41H64N4O8. The highest BCUT2D eigenvalue weighted by molar-refractivity contribution is 5.81. The van der Waals surface area contributed by atoms with Gasteiger partial charge in [-0.2, -0.15) is 4.98 Å². The molecule has 296 valence electrons. The quantitative estimate of drug-likeness (QED) is 0.0411. The highest BCUT2D eigenvalue weighted by Gasteiger charge is 2.33. The molecule has 0 fully saturated rings. The fourth-order valence-corrected chi connectivity index (χ4v) is 6.61. The van der Waals surface area contributed by atoms with E-state index in [-0.39, 0.29) is 30.9 Å². The number of carbonyl (C=O) groups is 2. The fraction of sp³-hybridized carbons (Fsp3) is 0.707. The Morgan fingerprint density at radius 1 is 0.736 bits per heavy atom. The fourth-order valence-electron chi connectivity index (χ4n) is 6.61. The molecule has 53 heavy (non-hydrogen) atoms. The van der Waals surface area contributed by atoms with Crippen LogP contribution in [0.3, 0.4) is 0 Å². The number of aryl methyl sites for hydroxylation is 2. The number of aromatic nitrogens is 4. The van der Waals surface area contributed by atoms with E-state index >= 15 is 0 Å². The summed E-state index contributed by atoms with van der Waals surface area (Å²) < 4.78 is 12.6. The third-order valence-electron chi connectivity index (χ3n) is 10.0. The van der Waals surface area contributed by atoms with Crippen molar-refractivity contribution < 1.29 is 29.3 Å². The number of nitrogens with one attached hydrogen (secondary N) is 1. The molecule has 0 amide bonds. The molecule has 12 nitrogen and oxygen atoms in total. The zero-order valence-corrected chi connectivity index (χ0v) is 32.6. The summed E-state index contributed by atoms with van der Waals surface area (Å²) in [5, 5.41) is 22.9. The first-order valence-corrected chi connectivity index (χ1v) is 20.2. The number of benzene rings is 1. The molecule has 0 saturated heterocycles. The maximum absolute atomic E-state index is 13.0. The lowest BCUT2D eigenvalue weighted by atomic mass is 10.1. The van der Waals surface area contributed by atoms with Gasteiger partial charge in [0, 0.05) is 12.8 Å². The maximum atomic E-state index is 13.0. The normalized spacial score (nSPS) is 13.3. The van der Waals surface area contributed by atoms with Crippen molar-refractivity contribution in [3.05, 3.63) is 44.1 Å². The average Bonchev–Trinajstić information content (AvgIpc) is 3.12. The van der Waals surface area contributed by atoms with Crippen LogP contribution in [0.2, 0.25) is 0 Å². The van der Waals surface area contributed by atoms with Crippen molar-refractivity contribution in [2.45, 2.75) is 181 Å². The van der Waals surface area contributed by atoms with E-state index in [1.807, 2.05) is 13.8 Å². The molecule has 12 heteroatoms. The lowest BCUT2D eigenvalue weighted by Crippen LogP contribution is -2.45. The molecule has 0 saturated carbocycles. The second kappa shape index (κ2) is 23.9. The second-order valence-electron chi connectivity index (χ2n) is 14.6. The number of H-pyrrole nitrogens is 1. The Balaban J connectivity index is 1.68. The van der Waals surface area contributed by atoms with Gasteiger partial charge < -0.3 is 24.3 Å². The third kappa shape index (κ3) is 15.0. The molecule has 0 radical (unpaired) electrons. The zero-order valence-electron chi connectivity index (χ0n) is 32.6. The number of aliphatic hydroxyl groups is 2. The minimum absolute atomic E-state index is 0.0629. The standard InChI is InChI=1S/C41H64N4O8/c1-5-7-9-11-13-15-17-19-21-23-35(47)52-28-34(53-36(48)24-22-20-18-16-14-12-10-8-6-2)38(49)33(46)27-45-32-26-30(4)29(3)25-31(32)42-37-39(45)43-41(51)44-40(37)50/h25-26,33-34,38,46,49H,5-24,27-28H2,1-4H3,(H,44,50,51). The zero-order chi connectivity index (χ0) is 38.6. The first kappa shape index (κ1) is 43.8. The molecule has 2 aliphatic heterocycles. The van der Waals surface area contributed by atoms with Gasteiger partial charge in [-0.05, 0) is 49.9 Å². The lowest BCUT2D eigenvalue weighted by molar-refractivity contribution is -0.172. The number of unbranched alkanes of at least 4 members (excludes halogenated alkanes) is 16. The minimum Gasteiger partial charge on any atom is -0.462 e. The van der Waals surface area contributed by atoms with Crippen LogP contribution >= 0.6 is 0 Å². The number of hydrogen-bond acceptors (Lipinski definition) is 10. The number of nitrogens with zero attached hydrogens (tertiary/aromatic N) is 3. The minimum atomic E-state index is -1.67. The van der Waals surface area contributed by atoms with Gasteiger partial charge in [-0.1, -0.05) is 117 Å². The van der Waals surface area contributed by atoms with Crippen molar-refractivity contribution in [3.63, 3.8) is 0 Å². The SMILES string of the molecule is CCCCCCCCCCCC(=O)OCC(OC(=O)CCCCCCCCCCC)C(O)C(O)Cn1c2nc(=O)[nH]c(=O)c-2nc2cc(C)c(C)cc21. The maximum Gasteiger partial charge on any atom is 0.349 e. The summed E-state index contributed by atoms with van der Waals surface area (Å²) in [6, 6.07) is 3.60. The largest absolute Gasteiger partial charge is 0.462 e. The molecule has 2 aliphatic rings. The van der Waals surface area contributed by atoms with Gasteiger partial charge >= 0.3 is 17.6 Å². The highest BCUT2D eigenvalue weighted by Crippen LogP contribution is 2.25. The topological polar surface area (TPSA) is 174 Å². The number of esters is 2. The van der Waals surface area contributed by atoms with Gasteiger partial charge in [-0.15, -0.1) is 0 Å². The van der Waals surface area contributed by atoms with Crippen LogP contribution in [0.5, 0.6) is 0 Å². The predicted molar refractivity (Wildman–Crippen MR) is 207 cm³/mol. The van der Waals surface area contributed by atoms with Gasteiger partial charge in [0.2, 0.25) is 0 Å². The molecule has 3 rings (SSSR count). The molecule has 2 heterocycles. The van der Waals surface area contributed by atoms with E-state index in [4.69, 9.17) is 9.47 Å². The summed E-state index contributed by atoms with van der Waals surface area (Å²) >= 11 is 0. The summed E-state index contributed by atoms with van der Waals surface area (Å²) in [6.07, 6.45) is 15.5. The molecule has 3 N–H and O–H groups in total. The van der Waals surface area contributed by atoms with Crippen LogP contribution in [0.4, 0.5) is 0 Å². The van der Waals surface area contributed by atoms with Crippen molar-refractivity contribution in [1.82, 2.24) is 19.5 Å². The van der Waals surface area contributed by atoms with Crippen molar-refractivity contribution in [3.8, 4) is 11.5 Å². The van der Waals surface area contributed by atoms with Gasteiger partial charge in [0.1, 0.15) is 18.8 Å². The van der Waals surface area contributed by atoms with Gasteiger partial charge in [0.15, 0.2) is 17.6 Å². The first-order chi connectivity index (χ1) is 25.5. The second-order valence-corrected chi connectivity index (χ2v) is 14.6. The number of ether oxygens (including phenoxy) is 2. The van der Waals surface area contributed by atoms with Crippen LogP contribution in [0.15, 0.2) is 21.7 Å². The molecule has 0 aromatic heterocycles. The van der Waals surface area contributed by atoms with Crippen LogP contribution in [-0.4, -0.2) is 66.6 Å². The van der Waals surface area contributed by atoms with E-state index in [9.17, 15) is 29.4 Å². The van der Waals surface area contributed by atoms with E-state index in [0.29, 0.717) is 23.9 Å². The lowest BCUT2D eigenvalue weighted by Gasteiger charge is -2.28. The summed E-state index contributed by atoms with van der Waals surface area (Å²) in [7, 11) is 0. The van der Waals surface area contributed by atoms with Crippen LogP contribution in [0.25, 0.3) is 22.6 Å². The molecule has 3 atom stereocenters. The molecular weight excluding hydrogens is 676 g/mol. The molecule has 0 aliphatic carbocycles. The number of carbonyl (C=O) groups excluding carboxylic acids is 2. The van der Waals surface area contributed by atoms with E-state index in [1.165, 1.54) is 68.8 Å². The predicted octanol–water partition coefficient (Wildman–Crippen LogP) is 7.22. The Labute approximate surface area is 314 Å². The Morgan fingerprint density at radius 2 is 1.25 bits per heavy atom. The molecule has 1 aromatic carbocycles. The van der Waals surface area contributed by atoms with Crippen molar-refractivity contribution >= 4 is 23.0 Å². The Morgan fingerprint density at radius 3 is 1.81 bits per heavy atom. The summed E-state index contributed by atoms with van der Waals surface area (Å²) in [5.41, 5.74) is 1.03. The van der Waals surface area contributed by atoms with Crippen molar-refractivity contribution in [2.75, 3.05) is 6.61 Å². The van der Waals surface area contributed by atoms with Crippen LogP contribution in [0, 0.1) is 13.8 Å². The number of aliphatic hydroxyl groups excluding tert-OH is 2. The summed E-state index contributed by atoms with van der Waals surface area (Å²) in [4.78, 5) is 61.2. The molecule has 0 bridgehead atoms. The summed E-state index contributed by atoms with van der Waals surface area (Å²) in [5.74, 6) is -1.08. The number of rotatable bonds is 27. The third-order valence-corrected chi connectivity index (χ3v) is 10.0. The van der Waals surface area contributed by atoms with Gasteiger partial charge in [-0.3, -0.25) is 19.4 Å². The van der Waals surface area contributed by atoms with Crippen LogP contribution in [0.1, 0.15) is 153 Å². The Bertz CT molecular complexity index is 1640. The van der Waals surface area contributed by atoms with Gasteiger partial charge in [0.25, 0.3) is 5.56 Å². The Hall–Kier alpha value is -3.64. The van der Waals surface area contributed by atoms with Crippen LogP contribution in [-0.2, 0) is 25.6 Å². The van der Waals surface area contributed by atoms with Crippen LogP contribution < -0.4 is 11.2 Å². The Kier molecular flexibility index (Phi) is 19.7. The number of fused-ring (bicyclic) bond motifs is 2.